The van der Waals surface area contributed by atoms with Gasteiger partial charge in [-0.3, -0.25) is 14.5 Å². The molecule has 0 saturated carbocycles. The fraction of sp³-hybridized carbons (Fsp3) is 0.333. The first-order valence-corrected chi connectivity index (χ1v) is 14.5. The second-order valence-corrected chi connectivity index (χ2v) is 11.5. The molecule has 1 heterocycles. The highest BCUT2D eigenvalue weighted by Crippen LogP contribution is 2.36. The molecule has 7 heteroatoms. The van der Waals surface area contributed by atoms with Gasteiger partial charge in [-0.2, -0.15) is 0 Å². The number of para-hydroxylation sites is 1. The molecule has 194 valence electrons. The number of carbonyl (C=O) groups is 2. The van der Waals surface area contributed by atoms with Gasteiger partial charge in [-0.15, -0.1) is 0 Å². The fourth-order valence-corrected chi connectivity index (χ4v) is 6.26. The van der Waals surface area contributed by atoms with Gasteiger partial charge in [0, 0.05) is 18.2 Å². The Morgan fingerprint density at radius 2 is 1.54 bits per heavy atom. The number of aryl methyl sites for hydroxylation is 1. The van der Waals surface area contributed by atoms with Gasteiger partial charge in [0.2, 0.25) is 5.91 Å². The fourth-order valence-electron chi connectivity index (χ4n) is 4.96. The van der Waals surface area contributed by atoms with Crippen LogP contribution in [0.4, 0.5) is 5.69 Å². The van der Waals surface area contributed by atoms with Gasteiger partial charge in [-0.05, 0) is 61.6 Å². The molecule has 6 nitrogen and oxygen atoms in total. The molecule has 3 aromatic carbocycles. The minimum absolute atomic E-state index is 0.0946. The van der Waals surface area contributed by atoms with E-state index in [1.807, 2.05) is 80.3 Å². The van der Waals surface area contributed by atoms with Gasteiger partial charge in [-0.1, -0.05) is 74.0 Å². The number of amides is 2. The zero-order chi connectivity index (χ0) is 26.6. The molecule has 4 rings (SSSR count). The van der Waals surface area contributed by atoms with E-state index in [1.54, 1.807) is 12.1 Å². The summed E-state index contributed by atoms with van der Waals surface area (Å²) in [5.41, 5.74) is 3.62. The molecule has 37 heavy (non-hydrogen) atoms. The highest BCUT2D eigenvalue weighted by molar-refractivity contribution is 7.91. The molecule has 3 aromatic rings. The van der Waals surface area contributed by atoms with Gasteiger partial charge >= 0.3 is 0 Å². The van der Waals surface area contributed by atoms with Crippen LogP contribution in [0, 0.1) is 12.8 Å². The van der Waals surface area contributed by atoms with Crippen LogP contribution in [0.1, 0.15) is 49.4 Å². The summed E-state index contributed by atoms with van der Waals surface area (Å²) in [5.74, 6) is -2.09. The van der Waals surface area contributed by atoms with E-state index in [0.29, 0.717) is 19.4 Å². The number of imide groups is 1. The van der Waals surface area contributed by atoms with Crippen LogP contribution in [0.15, 0.2) is 83.8 Å². The predicted molar refractivity (Wildman–Crippen MR) is 146 cm³/mol. The number of nitrogens with zero attached hydrogens (tertiary/aromatic N) is 2. The van der Waals surface area contributed by atoms with Crippen LogP contribution < -0.4 is 4.90 Å². The maximum atomic E-state index is 14.4. The summed E-state index contributed by atoms with van der Waals surface area (Å²) in [7, 11) is -3.95. The maximum absolute atomic E-state index is 14.4. The molecular formula is C30H34N2O4S. The largest absolute Gasteiger partial charge is 0.356 e. The third-order valence-electron chi connectivity index (χ3n) is 7.15. The molecule has 0 N–H and O–H groups in total. The molecule has 2 amide bonds. The Hall–Kier alpha value is -3.45. The average Bonchev–Trinajstić information content (AvgIpc) is 2.92. The quantitative estimate of drug-likeness (QED) is 0.403. The highest BCUT2D eigenvalue weighted by atomic mass is 32.2. The summed E-state index contributed by atoms with van der Waals surface area (Å²) in [6.07, 6.45) is 1.79. The standard InChI is InChI=1S/C30H34N2O4S/c1-4-23(5-2)29(33)32(21-37(35,36)26-17-15-22(3)16-18-26)30(34)28-27-14-10-9-11-24(27)19-20-31(28)25-12-7-6-8-13-25/h6-18,23,28H,4-5,19-21H2,1-3H3. The molecule has 0 spiro atoms. The van der Waals surface area contributed by atoms with Crippen molar-refractivity contribution < 1.29 is 18.0 Å². The summed E-state index contributed by atoms with van der Waals surface area (Å²) >= 11 is 0. The molecule has 0 radical (unpaired) electrons. The van der Waals surface area contributed by atoms with E-state index in [4.69, 9.17) is 0 Å². The van der Waals surface area contributed by atoms with Gasteiger partial charge in [0.05, 0.1) is 4.90 Å². The SMILES string of the molecule is CCC(CC)C(=O)N(CS(=O)(=O)c1ccc(C)cc1)C(=O)C1c2ccccc2CCN1c1ccccc1. The minimum Gasteiger partial charge on any atom is -0.356 e. The molecule has 0 saturated heterocycles. The molecule has 1 atom stereocenters. The van der Waals surface area contributed by atoms with Crippen LogP contribution in [0.2, 0.25) is 0 Å². The molecule has 1 unspecified atom stereocenters. The zero-order valence-corrected chi connectivity index (χ0v) is 22.4. The lowest BCUT2D eigenvalue weighted by atomic mass is 9.90. The Labute approximate surface area is 219 Å². The highest BCUT2D eigenvalue weighted by Gasteiger charge is 2.40. The minimum atomic E-state index is -3.95. The first-order valence-electron chi connectivity index (χ1n) is 12.8. The number of benzene rings is 3. The number of hydrogen-bond acceptors (Lipinski definition) is 5. The molecule has 1 aliphatic heterocycles. The summed E-state index contributed by atoms with van der Waals surface area (Å²) in [6.45, 7) is 6.22. The van der Waals surface area contributed by atoms with Crippen molar-refractivity contribution in [1.82, 2.24) is 4.90 Å². The van der Waals surface area contributed by atoms with Gasteiger partial charge in [0.25, 0.3) is 5.91 Å². The smallest absolute Gasteiger partial charge is 0.257 e. The first-order chi connectivity index (χ1) is 17.8. The van der Waals surface area contributed by atoms with Gasteiger partial charge in [-0.25, -0.2) is 8.42 Å². The van der Waals surface area contributed by atoms with Crippen LogP contribution in [0.3, 0.4) is 0 Å². The number of anilines is 1. The number of fused-ring (bicyclic) bond motifs is 1. The van der Waals surface area contributed by atoms with Gasteiger partial charge in [0.15, 0.2) is 9.84 Å². The van der Waals surface area contributed by atoms with E-state index >= 15 is 0 Å². The van der Waals surface area contributed by atoms with Crippen LogP contribution in [-0.2, 0) is 25.8 Å². The van der Waals surface area contributed by atoms with Crippen molar-refractivity contribution in [2.75, 3.05) is 17.3 Å². The first kappa shape index (κ1) is 26.6. The summed E-state index contributed by atoms with van der Waals surface area (Å²) < 4.78 is 27.0. The van der Waals surface area contributed by atoms with Crippen LogP contribution in [0.5, 0.6) is 0 Å². The normalized spacial score (nSPS) is 15.4. The third kappa shape index (κ3) is 5.62. The lowest BCUT2D eigenvalue weighted by molar-refractivity contribution is -0.147. The van der Waals surface area contributed by atoms with Crippen LogP contribution in [0.25, 0.3) is 0 Å². The van der Waals surface area contributed by atoms with Crippen molar-refractivity contribution in [3.05, 3.63) is 95.6 Å². The number of carbonyl (C=O) groups excluding carboxylic acids is 2. The predicted octanol–water partition coefficient (Wildman–Crippen LogP) is 5.32. The van der Waals surface area contributed by atoms with E-state index in [1.165, 1.54) is 12.1 Å². The average molecular weight is 519 g/mol. The maximum Gasteiger partial charge on any atom is 0.257 e. The van der Waals surface area contributed by atoms with Gasteiger partial charge in [0.1, 0.15) is 11.9 Å². The molecule has 0 aliphatic carbocycles. The summed E-state index contributed by atoms with van der Waals surface area (Å²) in [6, 6.07) is 23.0. The van der Waals surface area contributed by atoms with Crippen molar-refractivity contribution in [2.45, 2.75) is 51.0 Å². The molecular weight excluding hydrogens is 484 g/mol. The Balaban J connectivity index is 1.80. The van der Waals surface area contributed by atoms with Crippen molar-refractivity contribution in [1.29, 1.82) is 0 Å². The molecule has 0 aromatic heterocycles. The number of sulfone groups is 1. The van der Waals surface area contributed by atoms with Crippen molar-refractivity contribution in [3.8, 4) is 0 Å². The topological polar surface area (TPSA) is 74.8 Å². The Bertz CT molecular complexity index is 1350. The zero-order valence-electron chi connectivity index (χ0n) is 21.6. The Morgan fingerprint density at radius 1 is 0.919 bits per heavy atom. The second-order valence-electron chi connectivity index (χ2n) is 9.56. The Kier molecular flexibility index (Phi) is 8.13. The van der Waals surface area contributed by atoms with E-state index in [9.17, 15) is 18.0 Å². The second kappa shape index (κ2) is 11.3. The lowest BCUT2D eigenvalue weighted by Crippen LogP contribution is -2.51. The van der Waals surface area contributed by atoms with E-state index in [-0.39, 0.29) is 4.90 Å². The van der Waals surface area contributed by atoms with E-state index in [2.05, 4.69) is 0 Å². The Morgan fingerprint density at radius 3 is 2.19 bits per heavy atom. The molecule has 0 bridgehead atoms. The molecule has 1 aliphatic rings. The van der Waals surface area contributed by atoms with Crippen LogP contribution in [-0.4, -0.2) is 37.6 Å². The van der Waals surface area contributed by atoms with Crippen molar-refractivity contribution in [2.24, 2.45) is 5.92 Å². The van der Waals surface area contributed by atoms with Gasteiger partial charge < -0.3 is 4.90 Å². The van der Waals surface area contributed by atoms with Crippen LogP contribution >= 0.6 is 0 Å². The van der Waals surface area contributed by atoms with Crippen molar-refractivity contribution in [3.63, 3.8) is 0 Å². The van der Waals surface area contributed by atoms with E-state index in [0.717, 1.165) is 33.7 Å². The third-order valence-corrected chi connectivity index (χ3v) is 8.74. The van der Waals surface area contributed by atoms with E-state index < -0.39 is 39.5 Å². The molecule has 0 fully saturated rings. The monoisotopic (exact) mass is 518 g/mol. The van der Waals surface area contributed by atoms with Crippen molar-refractivity contribution >= 4 is 27.3 Å². The number of rotatable bonds is 8. The summed E-state index contributed by atoms with van der Waals surface area (Å²) in [4.78, 5) is 31.2. The summed E-state index contributed by atoms with van der Waals surface area (Å²) in [5, 5.41) is 0. The lowest BCUT2D eigenvalue weighted by Gasteiger charge is -2.40. The number of hydrogen-bond donors (Lipinski definition) is 0.